The molecular formula is C14H28N2O2. The van der Waals surface area contributed by atoms with Gasteiger partial charge >= 0.3 is 0 Å². The van der Waals surface area contributed by atoms with Crippen molar-refractivity contribution < 1.29 is 9.84 Å². The Morgan fingerprint density at radius 1 is 1.39 bits per heavy atom. The van der Waals surface area contributed by atoms with E-state index < -0.39 is 0 Å². The van der Waals surface area contributed by atoms with Gasteiger partial charge in [-0.25, -0.2) is 0 Å². The van der Waals surface area contributed by atoms with Crippen molar-refractivity contribution in [3.63, 3.8) is 0 Å². The molecule has 2 rings (SSSR count). The van der Waals surface area contributed by atoms with Gasteiger partial charge in [-0.2, -0.15) is 0 Å². The first-order valence-electron chi connectivity index (χ1n) is 7.35. The van der Waals surface area contributed by atoms with Gasteiger partial charge in [-0.05, 0) is 45.2 Å². The van der Waals surface area contributed by atoms with Crippen LogP contribution in [0.25, 0.3) is 0 Å². The van der Waals surface area contributed by atoms with Crippen LogP contribution in [0.1, 0.15) is 32.6 Å². The molecule has 2 fully saturated rings. The molecule has 1 aliphatic carbocycles. The van der Waals surface area contributed by atoms with Crippen LogP contribution in [-0.4, -0.2) is 61.5 Å². The minimum absolute atomic E-state index is 0.0899. The van der Waals surface area contributed by atoms with E-state index in [0.29, 0.717) is 12.0 Å². The summed E-state index contributed by atoms with van der Waals surface area (Å²) in [6, 6.07) is 0.526. The lowest BCUT2D eigenvalue weighted by Crippen LogP contribution is -2.59. The largest absolute Gasteiger partial charge is 0.394 e. The molecule has 0 radical (unpaired) electrons. The predicted molar refractivity (Wildman–Crippen MR) is 72.7 cm³/mol. The monoisotopic (exact) mass is 256 g/mol. The SMILES string of the molecule is CCCNC(CO)(CN(C)C1CCOC1)C1CC1. The molecule has 1 aliphatic heterocycles. The van der Waals surface area contributed by atoms with Gasteiger partial charge in [0.1, 0.15) is 0 Å². The van der Waals surface area contributed by atoms with Crippen LogP contribution in [0.2, 0.25) is 0 Å². The van der Waals surface area contributed by atoms with Gasteiger partial charge in [-0.15, -0.1) is 0 Å². The third-order valence-corrected chi connectivity index (χ3v) is 4.43. The minimum Gasteiger partial charge on any atom is -0.394 e. The highest BCUT2D eigenvalue weighted by Gasteiger charge is 2.45. The fourth-order valence-electron chi connectivity index (χ4n) is 3.02. The predicted octanol–water partition coefficient (Wildman–Crippen LogP) is 0.848. The molecule has 4 nitrogen and oxygen atoms in total. The lowest BCUT2D eigenvalue weighted by molar-refractivity contribution is 0.0780. The Kier molecular flexibility index (Phi) is 5.01. The van der Waals surface area contributed by atoms with Crippen molar-refractivity contribution in [1.82, 2.24) is 10.2 Å². The Morgan fingerprint density at radius 2 is 2.17 bits per heavy atom. The summed E-state index contributed by atoms with van der Waals surface area (Å²) in [5, 5.41) is 13.5. The van der Waals surface area contributed by atoms with Gasteiger partial charge in [0.05, 0.1) is 18.8 Å². The number of nitrogens with zero attached hydrogens (tertiary/aromatic N) is 1. The van der Waals surface area contributed by atoms with Gasteiger partial charge in [0.15, 0.2) is 0 Å². The molecule has 2 aliphatic rings. The highest BCUT2D eigenvalue weighted by atomic mass is 16.5. The molecule has 1 heterocycles. The first kappa shape index (κ1) is 14.3. The molecular weight excluding hydrogens is 228 g/mol. The van der Waals surface area contributed by atoms with Crippen molar-refractivity contribution in [2.45, 2.75) is 44.2 Å². The molecule has 2 N–H and O–H groups in total. The second-order valence-corrected chi connectivity index (χ2v) is 5.95. The number of hydrogen-bond donors (Lipinski definition) is 2. The second-order valence-electron chi connectivity index (χ2n) is 5.95. The van der Waals surface area contributed by atoms with Crippen molar-refractivity contribution in [3.05, 3.63) is 0 Å². The third-order valence-electron chi connectivity index (χ3n) is 4.43. The summed E-state index contributed by atoms with van der Waals surface area (Å²) in [5.74, 6) is 0.652. The molecule has 106 valence electrons. The highest BCUT2D eigenvalue weighted by Crippen LogP contribution is 2.40. The molecule has 2 atom stereocenters. The standard InChI is InChI=1S/C14H28N2O2/c1-3-7-15-14(11-17,12-4-5-12)10-16(2)13-6-8-18-9-13/h12-13,15,17H,3-11H2,1-2H3. The molecule has 0 aromatic rings. The summed E-state index contributed by atoms with van der Waals surface area (Å²) in [6.45, 7) is 6.07. The molecule has 0 aromatic carbocycles. The summed E-state index contributed by atoms with van der Waals surface area (Å²) in [6.07, 6.45) is 4.75. The molecule has 1 saturated carbocycles. The molecule has 18 heavy (non-hydrogen) atoms. The van der Waals surface area contributed by atoms with Crippen LogP contribution in [-0.2, 0) is 4.74 Å². The molecule has 2 unspecified atom stereocenters. The molecule has 0 bridgehead atoms. The van der Waals surface area contributed by atoms with Crippen molar-refractivity contribution in [2.75, 3.05) is 40.0 Å². The minimum atomic E-state index is -0.0899. The second kappa shape index (κ2) is 6.33. The Labute approximate surface area is 111 Å². The zero-order valence-electron chi connectivity index (χ0n) is 11.8. The smallest absolute Gasteiger partial charge is 0.0628 e. The van der Waals surface area contributed by atoms with E-state index in [1.54, 1.807) is 0 Å². The number of aliphatic hydroxyl groups is 1. The van der Waals surface area contributed by atoms with Crippen molar-refractivity contribution >= 4 is 0 Å². The van der Waals surface area contributed by atoms with E-state index in [4.69, 9.17) is 4.74 Å². The van der Waals surface area contributed by atoms with E-state index in [-0.39, 0.29) is 12.1 Å². The summed E-state index contributed by atoms with van der Waals surface area (Å²) in [7, 11) is 2.17. The van der Waals surface area contributed by atoms with Gasteiger partial charge < -0.3 is 15.2 Å². The van der Waals surface area contributed by atoms with Gasteiger partial charge in [0.25, 0.3) is 0 Å². The first-order valence-corrected chi connectivity index (χ1v) is 7.35. The molecule has 0 spiro atoms. The van der Waals surface area contributed by atoms with E-state index in [0.717, 1.165) is 39.1 Å². The van der Waals surface area contributed by atoms with Gasteiger partial charge in [0, 0.05) is 19.2 Å². The number of likely N-dealkylation sites (N-methyl/N-ethyl adjacent to an activating group) is 1. The normalized spacial score (nSPS) is 27.7. The average molecular weight is 256 g/mol. The third kappa shape index (κ3) is 3.23. The van der Waals surface area contributed by atoms with Crippen LogP contribution >= 0.6 is 0 Å². The van der Waals surface area contributed by atoms with Gasteiger partial charge in [-0.1, -0.05) is 6.92 Å². The van der Waals surface area contributed by atoms with Crippen molar-refractivity contribution in [3.8, 4) is 0 Å². The Bertz CT molecular complexity index is 252. The number of aliphatic hydroxyl groups excluding tert-OH is 1. The zero-order chi connectivity index (χ0) is 13.0. The maximum Gasteiger partial charge on any atom is 0.0628 e. The van der Waals surface area contributed by atoms with E-state index in [2.05, 4.69) is 24.2 Å². The van der Waals surface area contributed by atoms with Crippen LogP contribution in [0.3, 0.4) is 0 Å². The molecule has 0 aromatic heterocycles. The fraction of sp³-hybridized carbons (Fsp3) is 1.00. The molecule has 4 heteroatoms. The first-order chi connectivity index (χ1) is 8.72. The van der Waals surface area contributed by atoms with Crippen LogP contribution in [0.15, 0.2) is 0 Å². The van der Waals surface area contributed by atoms with E-state index >= 15 is 0 Å². The summed E-state index contributed by atoms with van der Waals surface area (Å²) in [4.78, 5) is 2.38. The van der Waals surface area contributed by atoms with E-state index in [1.807, 2.05) is 0 Å². The average Bonchev–Trinajstić information content (AvgIpc) is 3.09. The maximum atomic E-state index is 9.88. The van der Waals surface area contributed by atoms with Crippen molar-refractivity contribution in [1.29, 1.82) is 0 Å². The number of nitrogens with one attached hydrogen (secondary N) is 1. The maximum absolute atomic E-state index is 9.88. The van der Waals surface area contributed by atoms with E-state index in [9.17, 15) is 5.11 Å². The topological polar surface area (TPSA) is 44.7 Å². The lowest BCUT2D eigenvalue weighted by Gasteiger charge is -2.39. The Balaban J connectivity index is 1.94. The summed E-state index contributed by atoms with van der Waals surface area (Å²) < 4.78 is 5.46. The van der Waals surface area contributed by atoms with Crippen LogP contribution in [0.4, 0.5) is 0 Å². The number of ether oxygens (including phenoxy) is 1. The van der Waals surface area contributed by atoms with Crippen LogP contribution < -0.4 is 5.32 Å². The number of hydrogen-bond acceptors (Lipinski definition) is 4. The van der Waals surface area contributed by atoms with Gasteiger partial charge in [-0.3, -0.25) is 4.90 Å². The van der Waals surface area contributed by atoms with Gasteiger partial charge in [0.2, 0.25) is 0 Å². The lowest BCUT2D eigenvalue weighted by atomic mass is 9.92. The quantitative estimate of drug-likeness (QED) is 0.676. The van der Waals surface area contributed by atoms with Crippen LogP contribution in [0.5, 0.6) is 0 Å². The summed E-state index contributed by atoms with van der Waals surface area (Å²) >= 11 is 0. The number of rotatable bonds is 8. The summed E-state index contributed by atoms with van der Waals surface area (Å²) in [5.41, 5.74) is -0.0899. The fourth-order valence-corrected chi connectivity index (χ4v) is 3.02. The molecule has 1 saturated heterocycles. The zero-order valence-corrected chi connectivity index (χ0v) is 11.8. The Hall–Kier alpha value is -0.160. The van der Waals surface area contributed by atoms with Crippen molar-refractivity contribution in [2.24, 2.45) is 5.92 Å². The highest BCUT2D eigenvalue weighted by molar-refractivity contribution is 5.03. The molecule has 0 amide bonds. The Morgan fingerprint density at radius 3 is 2.67 bits per heavy atom. The van der Waals surface area contributed by atoms with E-state index in [1.165, 1.54) is 12.8 Å². The van der Waals surface area contributed by atoms with Crippen LogP contribution in [0, 0.1) is 5.92 Å².